The molecule has 1 fully saturated rings. The number of rotatable bonds is 4. The molecule has 0 aliphatic carbocycles. The second kappa shape index (κ2) is 6.09. The molecule has 0 aromatic rings. The van der Waals surface area contributed by atoms with Crippen molar-refractivity contribution in [3.63, 3.8) is 0 Å². The number of hydrogen-bond donors (Lipinski definition) is 1. The van der Waals surface area contributed by atoms with E-state index < -0.39 is 0 Å². The van der Waals surface area contributed by atoms with E-state index in [2.05, 4.69) is 30.1 Å². The maximum absolute atomic E-state index is 8.84. The number of piperidine rings is 1. The quantitative estimate of drug-likeness (QED) is 0.764. The highest BCUT2D eigenvalue weighted by Gasteiger charge is 2.22. The summed E-state index contributed by atoms with van der Waals surface area (Å²) in [7, 11) is 1.86. The van der Waals surface area contributed by atoms with E-state index in [1.54, 1.807) is 0 Å². The molecule has 1 rings (SSSR count). The third-order valence-corrected chi connectivity index (χ3v) is 3.46. The molecule has 1 N–H and O–H groups in total. The van der Waals surface area contributed by atoms with Crippen LogP contribution in [-0.4, -0.2) is 37.1 Å². The van der Waals surface area contributed by atoms with Crippen molar-refractivity contribution in [1.29, 1.82) is 5.26 Å². The minimum Gasteiger partial charge on any atom is -0.305 e. The molecule has 1 saturated heterocycles. The summed E-state index contributed by atoms with van der Waals surface area (Å²) < 4.78 is 0. The summed E-state index contributed by atoms with van der Waals surface area (Å²) in [5, 5.41) is 11.9. The van der Waals surface area contributed by atoms with Gasteiger partial charge in [0.05, 0.1) is 12.1 Å². The highest BCUT2D eigenvalue weighted by Crippen LogP contribution is 2.21. The van der Waals surface area contributed by atoms with Crippen LogP contribution in [-0.2, 0) is 0 Å². The van der Waals surface area contributed by atoms with Gasteiger partial charge < -0.3 is 10.2 Å². The molecular formula is C12H23N3. The van der Waals surface area contributed by atoms with Crippen LogP contribution in [0.1, 0.15) is 33.1 Å². The van der Waals surface area contributed by atoms with Crippen LogP contribution in [0.15, 0.2) is 0 Å². The Kier molecular flexibility index (Phi) is 5.07. The first-order valence-corrected chi connectivity index (χ1v) is 5.98. The van der Waals surface area contributed by atoms with E-state index in [4.69, 9.17) is 5.26 Å². The molecule has 0 spiro atoms. The Morgan fingerprint density at radius 1 is 1.47 bits per heavy atom. The lowest BCUT2D eigenvalue weighted by molar-refractivity contribution is 0.122. The monoisotopic (exact) mass is 209 g/mol. The molecule has 3 unspecified atom stereocenters. The van der Waals surface area contributed by atoms with Gasteiger partial charge >= 0.3 is 0 Å². The van der Waals surface area contributed by atoms with Crippen molar-refractivity contribution >= 4 is 0 Å². The smallest absolute Gasteiger partial charge is 0.0962 e. The highest BCUT2D eigenvalue weighted by atomic mass is 15.2. The zero-order valence-corrected chi connectivity index (χ0v) is 10.2. The van der Waals surface area contributed by atoms with E-state index in [9.17, 15) is 0 Å². The molecular weight excluding hydrogens is 186 g/mol. The van der Waals surface area contributed by atoms with E-state index in [1.807, 2.05) is 7.05 Å². The van der Waals surface area contributed by atoms with Crippen molar-refractivity contribution in [2.45, 2.75) is 45.2 Å². The van der Waals surface area contributed by atoms with E-state index in [0.717, 1.165) is 18.9 Å². The molecule has 0 aromatic carbocycles. The van der Waals surface area contributed by atoms with Crippen LogP contribution in [0, 0.1) is 17.2 Å². The summed E-state index contributed by atoms with van der Waals surface area (Å²) in [5.74, 6) is 0.816. The first-order valence-electron chi connectivity index (χ1n) is 5.98. The Balaban J connectivity index is 2.33. The Morgan fingerprint density at radius 3 is 2.80 bits per heavy atom. The molecule has 3 heteroatoms. The third kappa shape index (κ3) is 3.81. The number of nitriles is 1. The molecule has 3 nitrogen and oxygen atoms in total. The third-order valence-electron chi connectivity index (χ3n) is 3.46. The summed E-state index contributed by atoms with van der Waals surface area (Å²) in [4.78, 5) is 2.52. The lowest BCUT2D eigenvalue weighted by atomic mass is 9.95. The van der Waals surface area contributed by atoms with Gasteiger partial charge in [-0.25, -0.2) is 0 Å². The van der Waals surface area contributed by atoms with Crippen LogP contribution in [0.4, 0.5) is 0 Å². The summed E-state index contributed by atoms with van der Waals surface area (Å²) >= 11 is 0. The molecule has 1 aliphatic rings. The van der Waals surface area contributed by atoms with Gasteiger partial charge in [-0.3, -0.25) is 0 Å². The fourth-order valence-electron chi connectivity index (χ4n) is 2.26. The standard InChI is InChI=1S/C12H23N3/c1-10-4-5-11(2)15(9-10)7-6-12(8-13)14-3/h10-12,14H,4-7,9H2,1-3H3. The Bertz CT molecular complexity index is 221. The van der Waals surface area contributed by atoms with Gasteiger partial charge in [-0.15, -0.1) is 0 Å². The van der Waals surface area contributed by atoms with E-state index in [0.29, 0.717) is 6.04 Å². The van der Waals surface area contributed by atoms with Gasteiger partial charge in [0.15, 0.2) is 0 Å². The summed E-state index contributed by atoms with van der Waals surface area (Å²) in [6, 6.07) is 2.98. The van der Waals surface area contributed by atoms with Gasteiger partial charge in [0.25, 0.3) is 0 Å². The molecule has 0 amide bonds. The van der Waals surface area contributed by atoms with Crippen LogP contribution in [0.3, 0.4) is 0 Å². The van der Waals surface area contributed by atoms with E-state index in [-0.39, 0.29) is 6.04 Å². The fraction of sp³-hybridized carbons (Fsp3) is 0.917. The number of likely N-dealkylation sites (tertiary alicyclic amines) is 1. The SMILES string of the molecule is CNC(C#N)CCN1CC(C)CCC1C. The summed E-state index contributed by atoms with van der Waals surface area (Å²) in [6.45, 7) is 6.86. The summed E-state index contributed by atoms with van der Waals surface area (Å²) in [5.41, 5.74) is 0. The minimum absolute atomic E-state index is 0.00873. The average molecular weight is 209 g/mol. The zero-order valence-electron chi connectivity index (χ0n) is 10.2. The van der Waals surface area contributed by atoms with E-state index in [1.165, 1.54) is 19.4 Å². The molecule has 86 valence electrons. The molecule has 0 saturated carbocycles. The van der Waals surface area contributed by atoms with Gasteiger partial charge in [0.1, 0.15) is 0 Å². The maximum Gasteiger partial charge on any atom is 0.0962 e. The van der Waals surface area contributed by atoms with Crippen molar-refractivity contribution in [2.24, 2.45) is 5.92 Å². The lowest BCUT2D eigenvalue weighted by Crippen LogP contribution is -2.43. The van der Waals surface area contributed by atoms with Crippen LogP contribution in [0.25, 0.3) is 0 Å². The van der Waals surface area contributed by atoms with Gasteiger partial charge in [-0.05, 0) is 39.2 Å². The molecule has 0 aromatic heterocycles. The van der Waals surface area contributed by atoms with Gasteiger partial charge in [-0.2, -0.15) is 5.26 Å². The van der Waals surface area contributed by atoms with Crippen molar-refractivity contribution in [2.75, 3.05) is 20.1 Å². The first kappa shape index (κ1) is 12.5. The van der Waals surface area contributed by atoms with Crippen LogP contribution < -0.4 is 5.32 Å². The molecule has 0 bridgehead atoms. The maximum atomic E-state index is 8.84. The average Bonchev–Trinajstić information content (AvgIpc) is 2.24. The van der Waals surface area contributed by atoms with Crippen molar-refractivity contribution < 1.29 is 0 Å². The van der Waals surface area contributed by atoms with Crippen molar-refractivity contribution in [3.05, 3.63) is 0 Å². The largest absolute Gasteiger partial charge is 0.305 e. The molecule has 15 heavy (non-hydrogen) atoms. The molecule has 1 aliphatic heterocycles. The van der Waals surface area contributed by atoms with Gasteiger partial charge in [0.2, 0.25) is 0 Å². The van der Waals surface area contributed by atoms with E-state index >= 15 is 0 Å². The Labute approximate surface area is 93.5 Å². The lowest BCUT2D eigenvalue weighted by Gasteiger charge is -2.37. The van der Waals surface area contributed by atoms with Crippen molar-refractivity contribution in [1.82, 2.24) is 10.2 Å². The van der Waals surface area contributed by atoms with Crippen LogP contribution in [0.2, 0.25) is 0 Å². The predicted octanol–water partition coefficient (Wildman–Crippen LogP) is 1.61. The van der Waals surface area contributed by atoms with Gasteiger partial charge in [-0.1, -0.05) is 6.92 Å². The summed E-state index contributed by atoms with van der Waals surface area (Å²) in [6.07, 6.45) is 3.59. The van der Waals surface area contributed by atoms with Crippen LogP contribution >= 0.6 is 0 Å². The normalized spacial score (nSPS) is 29.7. The Morgan fingerprint density at radius 2 is 2.20 bits per heavy atom. The zero-order chi connectivity index (χ0) is 11.3. The second-order valence-electron chi connectivity index (χ2n) is 4.79. The van der Waals surface area contributed by atoms with Crippen molar-refractivity contribution in [3.8, 4) is 6.07 Å². The molecule has 3 atom stereocenters. The number of hydrogen-bond acceptors (Lipinski definition) is 3. The molecule has 0 radical (unpaired) electrons. The second-order valence-corrected chi connectivity index (χ2v) is 4.79. The first-order chi connectivity index (χ1) is 7.17. The van der Waals surface area contributed by atoms with Crippen LogP contribution in [0.5, 0.6) is 0 Å². The predicted molar refractivity (Wildman–Crippen MR) is 62.5 cm³/mol. The highest BCUT2D eigenvalue weighted by molar-refractivity contribution is 4.90. The minimum atomic E-state index is 0.00873. The number of nitrogens with one attached hydrogen (secondary N) is 1. The molecule has 1 heterocycles. The van der Waals surface area contributed by atoms with Gasteiger partial charge in [0, 0.05) is 19.1 Å². The fourth-order valence-corrected chi connectivity index (χ4v) is 2.26. The number of nitrogens with zero attached hydrogens (tertiary/aromatic N) is 2. The Hall–Kier alpha value is -0.590. The topological polar surface area (TPSA) is 39.1 Å².